The highest BCUT2D eigenvalue weighted by Gasteiger charge is 2.36. The zero-order chi connectivity index (χ0) is 12.4. The number of hydrogen-bond acceptors (Lipinski definition) is 4. The summed E-state index contributed by atoms with van der Waals surface area (Å²) in [4.78, 5) is 34.5. The number of hydrogen-bond donors (Lipinski definition) is 1. The highest BCUT2D eigenvalue weighted by atomic mass is 16.5. The second-order valence-corrected chi connectivity index (χ2v) is 3.50. The molecule has 6 nitrogen and oxygen atoms in total. The second kappa shape index (κ2) is 4.25. The number of urea groups is 1. The van der Waals surface area contributed by atoms with Crippen molar-refractivity contribution in [1.29, 1.82) is 0 Å². The fourth-order valence-corrected chi connectivity index (χ4v) is 1.53. The first-order valence-electron chi connectivity index (χ1n) is 4.91. The van der Waals surface area contributed by atoms with Crippen molar-refractivity contribution in [2.45, 2.75) is 6.54 Å². The number of carbonyl (C=O) groups is 3. The molecule has 6 heteroatoms. The van der Waals surface area contributed by atoms with E-state index in [0.717, 1.165) is 4.90 Å². The Labute approximate surface area is 97.2 Å². The van der Waals surface area contributed by atoms with Gasteiger partial charge in [-0.15, -0.1) is 0 Å². The summed E-state index contributed by atoms with van der Waals surface area (Å²) < 4.78 is 5.02. The lowest BCUT2D eigenvalue weighted by molar-refractivity contribution is -0.140. The van der Waals surface area contributed by atoms with Crippen molar-refractivity contribution in [2.75, 3.05) is 7.11 Å². The average molecular weight is 234 g/mol. The number of amides is 4. The van der Waals surface area contributed by atoms with Crippen LogP contribution in [0, 0.1) is 0 Å². The largest absolute Gasteiger partial charge is 0.497 e. The van der Waals surface area contributed by atoms with E-state index in [2.05, 4.69) is 0 Å². The van der Waals surface area contributed by atoms with Gasteiger partial charge < -0.3 is 4.74 Å². The van der Waals surface area contributed by atoms with E-state index in [-0.39, 0.29) is 6.54 Å². The van der Waals surface area contributed by atoms with Gasteiger partial charge in [-0.2, -0.15) is 0 Å². The van der Waals surface area contributed by atoms with Crippen LogP contribution in [0.5, 0.6) is 5.75 Å². The predicted molar refractivity (Wildman–Crippen MR) is 57.1 cm³/mol. The Hall–Kier alpha value is -2.37. The predicted octanol–water partition coefficient (Wildman–Crippen LogP) is 0.274. The summed E-state index contributed by atoms with van der Waals surface area (Å²) in [6.07, 6.45) is 0. The molecular formula is C11H10N2O4. The fourth-order valence-electron chi connectivity index (χ4n) is 1.53. The minimum absolute atomic E-state index is 0.0492. The number of nitrogens with one attached hydrogen (secondary N) is 1. The summed E-state index contributed by atoms with van der Waals surface area (Å²) in [7, 11) is 1.52. The van der Waals surface area contributed by atoms with E-state index < -0.39 is 17.8 Å². The monoisotopic (exact) mass is 234 g/mol. The van der Waals surface area contributed by atoms with Crippen LogP contribution in [-0.2, 0) is 16.1 Å². The van der Waals surface area contributed by atoms with Crippen LogP contribution < -0.4 is 10.1 Å². The zero-order valence-corrected chi connectivity index (χ0v) is 9.10. The number of ether oxygens (including phenoxy) is 1. The molecule has 0 aromatic heterocycles. The number of benzene rings is 1. The van der Waals surface area contributed by atoms with E-state index in [4.69, 9.17) is 4.74 Å². The summed E-state index contributed by atoms with van der Waals surface area (Å²) in [5.41, 5.74) is 0.711. The summed E-state index contributed by atoms with van der Waals surface area (Å²) >= 11 is 0. The number of methoxy groups -OCH3 is 1. The van der Waals surface area contributed by atoms with Crippen molar-refractivity contribution < 1.29 is 19.1 Å². The van der Waals surface area contributed by atoms with E-state index in [1.807, 2.05) is 5.32 Å². The first-order valence-corrected chi connectivity index (χ1v) is 4.91. The van der Waals surface area contributed by atoms with Crippen molar-refractivity contribution in [1.82, 2.24) is 10.2 Å². The fraction of sp³-hybridized carbons (Fsp3) is 0.182. The molecule has 4 amide bonds. The average Bonchev–Trinajstić information content (AvgIpc) is 2.56. The zero-order valence-electron chi connectivity index (χ0n) is 9.10. The highest BCUT2D eigenvalue weighted by molar-refractivity contribution is 6.44. The molecule has 1 aliphatic heterocycles. The maximum absolute atomic E-state index is 11.3. The molecule has 0 aliphatic carbocycles. The lowest BCUT2D eigenvalue weighted by atomic mass is 10.2. The molecule has 17 heavy (non-hydrogen) atoms. The van der Waals surface area contributed by atoms with Crippen molar-refractivity contribution >= 4 is 17.8 Å². The molecule has 0 bridgehead atoms. The Morgan fingerprint density at radius 1 is 1.29 bits per heavy atom. The Bertz CT molecular complexity index is 498. The first kappa shape index (κ1) is 11.1. The maximum Gasteiger partial charge on any atom is 0.331 e. The van der Waals surface area contributed by atoms with Gasteiger partial charge in [0.15, 0.2) is 0 Å². The number of nitrogens with zero attached hydrogens (tertiary/aromatic N) is 1. The van der Waals surface area contributed by atoms with E-state index in [1.165, 1.54) is 7.11 Å². The van der Waals surface area contributed by atoms with Crippen LogP contribution in [-0.4, -0.2) is 29.9 Å². The molecule has 1 N–H and O–H groups in total. The van der Waals surface area contributed by atoms with Gasteiger partial charge in [-0.3, -0.25) is 19.8 Å². The summed E-state index contributed by atoms with van der Waals surface area (Å²) in [5.74, 6) is -1.10. The number of carbonyl (C=O) groups excluding carboxylic acids is 3. The topological polar surface area (TPSA) is 75.7 Å². The third-order valence-electron chi connectivity index (χ3n) is 2.38. The molecule has 0 atom stereocenters. The smallest absolute Gasteiger partial charge is 0.331 e. The van der Waals surface area contributed by atoms with Crippen LogP contribution in [0.25, 0.3) is 0 Å². The van der Waals surface area contributed by atoms with Crippen molar-refractivity contribution in [3.05, 3.63) is 29.8 Å². The Morgan fingerprint density at radius 3 is 2.65 bits per heavy atom. The van der Waals surface area contributed by atoms with E-state index in [0.29, 0.717) is 11.3 Å². The lowest BCUT2D eigenvalue weighted by Gasteiger charge is -2.11. The van der Waals surface area contributed by atoms with Crippen LogP contribution in [0.2, 0.25) is 0 Å². The highest BCUT2D eigenvalue weighted by Crippen LogP contribution is 2.15. The molecule has 1 aliphatic rings. The Morgan fingerprint density at radius 2 is 2.06 bits per heavy atom. The van der Waals surface area contributed by atoms with Crippen molar-refractivity contribution in [2.24, 2.45) is 0 Å². The molecule has 1 heterocycles. The number of imide groups is 2. The van der Waals surface area contributed by atoms with Gasteiger partial charge in [0.2, 0.25) is 0 Å². The molecule has 1 fully saturated rings. The third-order valence-corrected chi connectivity index (χ3v) is 2.38. The van der Waals surface area contributed by atoms with Gasteiger partial charge in [0.1, 0.15) is 5.75 Å². The van der Waals surface area contributed by atoms with Gasteiger partial charge in [0.25, 0.3) is 0 Å². The van der Waals surface area contributed by atoms with Gasteiger partial charge in [0, 0.05) is 0 Å². The summed E-state index contributed by atoms with van der Waals surface area (Å²) in [5, 5.41) is 1.93. The van der Waals surface area contributed by atoms with Crippen LogP contribution in [0.15, 0.2) is 24.3 Å². The molecule has 0 radical (unpaired) electrons. The normalized spacial score (nSPS) is 15.1. The first-order chi connectivity index (χ1) is 8.11. The van der Waals surface area contributed by atoms with Crippen LogP contribution in [0.1, 0.15) is 5.56 Å². The SMILES string of the molecule is COc1cccc(CN2C(=O)NC(=O)C2=O)c1. The number of rotatable bonds is 3. The van der Waals surface area contributed by atoms with Crippen LogP contribution in [0.4, 0.5) is 4.79 Å². The standard InChI is InChI=1S/C11H10N2O4/c1-17-8-4-2-3-7(5-8)6-13-10(15)9(14)12-11(13)16/h2-5H,6H2,1H3,(H,12,14,16). The van der Waals surface area contributed by atoms with Crippen molar-refractivity contribution in [3.8, 4) is 5.75 Å². The van der Waals surface area contributed by atoms with E-state index in [1.54, 1.807) is 24.3 Å². The van der Waals surface area contributed by atoms with Gasteiger partial charge in [0.05, 0.1) is 13.7 Å². The minimum Gasteiger partial charge on any atom is -0.497 e. The Kier molecular flexibility index (Phi) is 2.78. The van der Waals surface area contributed by atoms with E-state index in [9.17, 15) is 14.4 Å². The molecule has 0 unspecified atom stereocenters. The van der Waals surface area contributed by atoms with E-state index >= 15 is 0 Å². The maximum atomic E-state index is 11.3. The lowest BCUT2D eigenvalue weighted by Crippen LogP contribution is -2.30. The Balaban J connectivity index is 2.18. The quantitative estimate of drug-likeness (QED) is 0.601. The molecule has 1 aromatic rings. The minimum atomic E-state index is -0.891. The molecule has 1 saturated heterocycles. The van der Waals surface area contributed by atoms with Gasteiger partial charge in [-0.25, -0.2) is 4.79 Å². The molecule has 0 spiro atoms. The molecule has 1 aromatic carbocycles. The van der Waals surface area contributed by atoms with Gasteiger partial charge in [-0.05, 0) is 17.7 Å². The van der Waals surface area contributed by atoms with Crippen LogP contribution in [0.3, 0.4) is 0 Å². The van der Waals surface area contributed by atoms with Gasteiger partial charge >= 0.3 is 17.8 Å². The second-order valence-electron chi connectivity index (χ2n) is 3.50. The van der Waals surface area contributed by atoms with Gasteiger partial charge in [-0.1, -0.05) is 12.1 Å². The summed E-state index contributed by atoms with van der Waals surface area (Å²) in [6, 6.07) is 6.24. The van der Waals surface area contributed by atoms with Crippen molar-refractivity contribution in [3.63, 3.8) is 0 Å². The molecule has 0 saturated carbocycles. The molecule has 88 valence electrons. The third kappa shape index (κ3) is 2.10. The molecular weight excluding hydrogens is 224 g/mol. The van der Waals surface area contributed by atoms with Crippen LogP contribution >= 0.6 is 0 Å². The molecule has 2 rings (SSSR count). The summed E-state index contributed by atoms with van der Waals surface area (Å²) in [6.45, 7) is 0.0492.